The first-order valence-electron chi connectivity index (χ1n) is 10.3. The smallest absolute Gasteiger partial charge is 0.319 e. The molecule has 0 spiro atoms. The molecule has 1 fully saturated rings. The summed E-state index contributed by atoms with van der Waals surface area (Å²) in [4.78, 5) is 24.8. The van der Waals surface area contributed by atoms with E-state index in [1.165, 1.54) is 0 Å². The molecule has 7 heteroatoms. The third kappa shape index (κ3) is 6.33. The summed E-state index contributed by atoms with van der Waals surface area (Å²) in [6, 6.07) is 16.1. The van der Waals surface area contributed by atoms with Gasteiger partial charge in [-0.05, 0) is 37.1 Å². The molecule has 164 valence electrons. The number of rotatable bonds is 9. The summed E-state index contributed by atoms with van der Waals surface area (Å²) in [5.74, 6) is -0.621. The number of amides is 2. The lowest BCUT2D eigenvalue weighted by atomic mass is 9.89. The van der Waals surface area contributed by atoms with E-state index in [1.807, 2.05) is 68.4 Å². The monoisotopic (exact) mass is 424 g/mol. The van der Waals surface area contributed by atoms with E-state index in [0.717, 1.165) is 11.1 Å². The highest BCUT2D eigenvalue weighted by Gasteiger charge is 2.39. The van der Waals surface area contributed by atoms with Crippen LogP contribution in [-0.4, -0.2) is 31.3 Å². The van der Waals surface area contributed by atoms with Gasteiger partial charge in [-0.15, -0.1) is 0 Å². The van der Waals surface area contributed by atoms with Crippen molar-refractivity contribution in [3.05, 3.63) is 78.0 Å². The van der Waals surface area contributed by atoms with Crippen LogP contribution in [0.5, 0.6) is 5.75 Å². The Balaban J connectivity index is 1.71. The topological polar surface area (TPSA) is 85.9 Å². The fraction of sp³-hybridized carbons (Fsp3) is 0.333. The van der Waals surface area contributed by atoms with Gasteiger partial charge in [0, 0.05) is 5.70 Å². The molecule has 2 aromatic rings. The lowest BCUT2D eigenvalue weighted by Crippen LogP contribution is -2.51. The van der Waals surface area contributed by atoms with Crippen LogP contribution in [0, 0.1) is 5.92 Å². The zero-order valence-electron chi connectivity index (χ0n) is 17.8. The molecule has 1 heterocycles. The van der Waals surface area contributed by atoms with E-state index >= 15 is 0 Å². The van der Waals surface area contributed by atoms with Crippen molar-refractivity contribution in [2.24, 2.45) is 5.92 Å². The third-order valence-electron chi connectivity index (χ3n) is 4.77. The maximum atomic E-state index is 12.8. The van der Waals surface area contributed by atoms with Crippen LogP contribution in [0.25, 0.3) is 0 Å². The quantitative estimate of drug-likeness (QED) is 0.473. The lowest BCUT2D eigenvalue weighted by molar-refractivity contribution is -0.150. The van der Waals surface area contributed by atoms with Crippen molar-refractivity contribution in [2.45, 2.75) is 32.6 Å². The van der Waals surface area contributed by atoms with Gasteiger partial charge >= 0.3 is 12.0 Å². The summed E-state index contributed by atoms with van der Waals surface area (Å²) in [7, 11) is 0. The summed E-state index contributed by atoms with van der Waals surface area (Å²) in [6.45, 7) is 8.52. The van der Waals surface area contributed by atoms with Crippen LogP contribution in [0.3, 0.4) is 0 Å². The Morgan fingerprint density at radius 1 is 1.10 bits per heavy atom. The van der Waals surface area contributed by atoms with E-state index in [1.54, 1.807) is 0 Å². The number of ether oxygens (including phenoxy) is 3. The van der Waals surface area contributed by atoms with Crippen LogP contribution in [0.1, 0.15) is 31.0 Å². The molecular weight excluding hydrogens is 396 g/mol. The molecule has 0 radical (unpaired) electrons. The molecule has 0 aliphatic carbocycles. The van der Waals surface area contributed by atoms with Crippen molar-refractivity contribution in [1.29, 1.82) is 0 Å². The van der Waals surface area contributed by atoms with Gasteiger partial charge in [0.25, 0.3) is 0 Å². The van der Waals surface area contributed by atoms with E-state index in [-0.39, 0.29) is 12.7 Å². The summed E-state index contributed by atoms with van der Waals surface area (Å²) >= 11 is 0. The van der Waals surface area contributed by atoms with Gasteiger partial charge in [-0.1, -0.05) is 49.0 Å². The highest BCUT2D eigenvalue weighted by Crippen LogP contribution is 2.32. The van der Waals surface area contributed by atoms with E-state index in [9.17, 15) is 9.59 Å². The summed E-state index contributed by atoms with van der Waals surface area (Å²) < 4.78 is 16.7. The van der Waals surface area contributed by atoms with Crippen LogP contribution < -0.4 is 15.4 Å². The van der Waals surface area contributed by atoms with Crippen molar-refractivity contribution in [3.63, 3.8) is 0 Å². The van der Waals surface area contributed by atoms with Gasteiger partial charge in [0.2, 0.25) is 0 Å². The molecule has 0 aromatic heterocycles. The number of esters is 1. The van der Waals surface area contributed by atoms with Crippen LogP contribution >= 0.6 is 0 Å². The molecule has 7 nitrogen and oxygen atoms in total. The van der Waals surface area contributed by atoms with Gasteiger partial charge in [0.05, 0.1) is 18.8 Å². The highest BCUT2D eigenvalue weighted by atomic mass is 16.6. The molecule has 0 bridgehead atoms. The Labute approximate surface area is 182 Å². The van der Waals surface area contributed by atoms with Crippen LogP contribution in [0.15, 0.2) is 66.9 Å². The molecule has 2 amide bonds. The predicted octanol–water partition coefficient (Wildman–Crippen LogP) is 3.72. The van der Waals surface area contributed by atoms with Gasteiger partial charge in [-0.3, -0.25) is 4.79 Å². The first-order valence-corrected chi connectivity index (χ1v) is 10.3. The third-order valence-corrected chi connectivity index (χ3v) is 4.77. The lowest BCUT2D eigenvalue weighted by Gasteiger charge is -2.33. The summed E-state index contributed by atoms with van der Waals surface area (Å²) in [5.41, 5.74) is 2.06. The van der Waals surface area contributed by atoms with Crippen molar-refractivity contribution in [3.8, 4) is 5.75 Å². The Hall–Kier alpha value is -3.32. The Morgan fingerprint density at radius 2 is 1.87 bits per heavy atom. The average Bonchev–Trinajstić information content (AvgIpc) is 2.75. The molecule has 1 aliphatic rings. The zero-order chi connectivity index (χ0) is 22.2. The predicted molar refractivity (Wildman–Crippen MR) is 116 cm³/mol. The van der Waals surface area contributed by atoms with Gasteiger partial charge in [0.15, 0.2) is 0 Å². The second-order valence-corrected chi connectivity index (χ2v) is 7.51. The Bertz CT molecular complexity index is 913. The highest BCUT2D eigenvalue weighted by molar-refractivity contribution is 5.85. The number of carbonyl (C=O) groups excluding carboxylic acids is 2. The Kier molecular flexibility index (Phi) is 7.67. The zero-order valence-corrected chi connectivity index (χ0v) is 17.8. The maximum Gasteiger partial charge on any atom is 0.319 e. The maximum absolute atomic E-state index is 12.8. The first kappa shape index (κ1) is 22.4. The number of nitrogens with one attached hydrogen (secondary N) is 2. The minimum Gasteiger partial charge on any atom is -0.489 e. The minimum absolute atomic E-state index is 0.0516. The van der Waals surface area contributed by atoms with Gasteiger partial charge < -0.3 is 24.8 Å². The number of urea groups is 1. The minimum atomic E-state index is -0.777. The Morgan fingerprint density at radius 3 is 2.61 bits per heavy atom. The van der Waals surface area contributed by atoms with Gasteiger partial charge in [0.1, 0.15) is 24.9 Å². The molecule has 2 atom stereocenters. The van der Waals surface area contributed by atoms with Gasteiger partial charge in [-0.2, -0.15) is 0 Å². The van der Waals surface area contributed by atoms with Crippen molar-refractivity contribution >= 4 is 12.0 Å². The van der Waals surface area contributed by atoms with Crippen LogP contribution in [0.2, 0.25) is 0 Å². The molecule has 2 N–H and O–H groups in total. The molecule has 3 rings (SSSR count). The number of hydrogen-bond donors (Lipinski definition) is 2. The molecule has 0 unspecified atom stereocenters. The first-order chi connectivity index (χ1) is 14.9. The normalized spacial score (nSPS) is 18.3. The van der Waals surface area contributed by atoms with Crippen LogP contribution in [0.4, 0.5) is 4.79 Å². The molecule has 1 saturated heterocycles. The summed E-state index contributed by atoms with van der Waals surface area (Å²) in [5, 5.41) is 5.38. The second kappa shape index (κ2) is 10.6. The van der Waals surface area contributed by atoms with E-state index in [2.05, 4.69) is 17.2 Å². The van der Waals surface area contributed by atoms with E-state index < -0.39 is 24.0 Å². The molecule has 31 heavy (non-hydrogen) atoms. The van der Waals surface area contributed by atoms with Crippen molar-refractivity contribution in [1.82, 2.24) is 10.6 Å². The van der Waals surface area contributed by atoms with Gasteiger partial charge in [-0.25, -0.2) is 4.79 Å². The molecule has 0 saturated carbocycles. The second-order valence-electron chi connectivity index (χ2n) is 7.51. The van der Waals surface area contributed by atoms with E-state index in [0.29, 0.717) is 24.7 Å². The fourth-order valence-electron chi connectivity index (χ4n) is 3.29. The van der Waals surface area contributed by atoms with E-state index in [4.69, 9.17) is 14.2 Å². The number of hydrogen-bond acceptors (Lipinski definition) is 5. The summed E-state index contributed by atoms with van der Waals surface area (Å²) in [6.07, 6.45) is 0.0516. The van der Waals surface area contributed by atoms with Crippen molar-refractivity contribution in [2.75, 3.05) is 13.2 Å². The molecule has 1 aliphatic heterocycles. The molecular formula is C24H28N2O5. The number of benzene rings is 2. The largest absolute Gasteiger partial charge is 0.489 e. The SMILES string of the molecule is C=C1NC(=O)N[C@H](c2cccc(OCc3ccccc3)c2)[C@H]1C(=O)OCCOC(C)C. The fourth-order valence-corrected chi connectivity index (χ4v) is 3.29. The van der Waals surface area contributed by atoms with Crippen molar-refractivity contribution < 1.29 is 23.8 Å². The molecule has 2 aromatic carbocycles. The van der Waals surface area contributed by atoms with Crippen LogP contribution in [-0.2, 0) is 20.9 Å². The average molecular weight is 424 g/mol. The number of carbonyl (C=O) groups is 2. The standard InChI is InChI=1S/C24H28N2O5/c1-16(2)29-12-13-30-23(27)21-17(3)25-24(28)26-22(21)19-10-7-11-20(14-19)31-15-18-8-5-4-6-9-18/h4-11,14,16,21-22H,3,12-13,15H2,1-2H3,(H2,25,26,28)/t21-,22+/m0/s1.